The highest BCUT2D eigenvalue weighted by Gasteiger charge is 2.40. The van der Waals surface area contributed by atoms with E-state index >= 15 is 0 Å². The first kappa shape index (κ1) is 35.5. The van der Waals surface area contributed by atoms with Crippen molar-refractivity contribution in [3.8, 4) is 0 Å². The monoisotopic (exact) mass is 711 g/mol. The van der Waals surface area contributed by atoms with Gasteiger partial charge in [0.05, 0.1) is 25.4 Å². The molecule has 6 heterocycles. The van der Waals surface area contributed by atoms with Gasteiger partial charge in [-0.3, -0.25) is 32.8 Å². The van der Waals surface area contributed by atoms with Gasteiger partial charge in [0.25, 0.3) is 11.1 Å². The van der Waals surface area contributed by atoms with Crippen molar-refractivity contribution in [1.82, 2.24) is 42.3 Å². The van der Waals surface area contributed by atoms with Crippen LogP contribution in [-0.2, 0) is 52.6 Å². The summed E-state index contributed by atoms with van der Waals surface area (Å²) in [6.07, 6.45) is 8.68. The molecule has 0 aliphatic carbocycles. The van der Waals surface area contributed by atoms with Crippen LogP contribution in [0.5, 0.6) is 0 Å². The lowest BCUT2D eigenvalue weighted by Crippen LogP contribution is -2.46. The summed E-state index contributed by atoms with van der Waals surface area (Å²) >= 11 is 5.58. The molecule has 4 aromatic heterocycles. The highest BCUT2D eigenvalue weighted by molar-refractivity contribution is 6.17. The van der Waals surface area contributed by atoms with E-state index in [-0.39, 0.29) is 34.4 Å². The molecule has 2 fully saturated rings. The standard InChI is InChI=1S/C24H30FN5O3.C10H13ClN4O2/c1-27-15-26-22-21(27)23(31)30(24(32)28(22)2)11-5-10-29-17-8-9-18(29)13-19(12-17)33-14-16-6-3-4-7-20(16)25;1-13-6-12-8-7(13)9(16)15(5-3-4-11)10(17)14(8)2/h3-4,6-7,15,17-19H,5,8-14H2,1-2H3;6H,3-5H2,1-2H3. The molecule has 0 saturated carbocycles. The summed E-state index contributed by atoms with van der Waals surface area (Å²) in [5.41, 5.74) is 1.03. The number of ether oxygens (including phenoxy) is 1. The Bertz CT molecular complexity index is 2240. The van der Waals surface area contributed by atoms with Crippen molar-refractivity contribution < 1.29 is 9.13 Å². The first-order chi connectivity index (χ1) is 24.0. The van der Waals surface area contributed by atoms with Crippen LogP contribution in [0.15, 0.2) is 56.1 Å². The molecule has 2 bridgehead atoms. The molecular formula is C34H43ClFN9O5. The molecule has 0 amide bonds. The second kappa shape index (κ2) is 14.9. The molecule has 2 unspecified atom stereocenters. The number of piperidine rings is 1. The van der Waals surface area contributed by atoms with Crippen LogP contribution < -0.4 is 22.5 Å². The fourth-order valence-electron chi connectivity index (χ4n) is 7.36. The van der Waals surface area contributed by atoms with Crippen LogP contribution in [0.3, 0.4) is 0 Å². The highest BCUT2D eigenvalue weighted by atomic mass is 35.5. The number of imidazole rings is 2. The van der Waals surface area contributed by atoms with Gasteiger partial charge in [-0.1, -0.05) is 18.2 Å². The topological polar surface area (TPSA) is 136 Å². The number of hydrogen-bond acceptors (Lipinski definition) is 8. The number of alkyl halides is 1. The third-order valence-corrected chi connectivity index (χ3v) is 10.3. The first-order valence-electron chi connectivity index (χ1n) is 16.9. The number of benzene rings is 1. The highest BCUT2D eigenvalue weighted by Crippen LogP contribution is 2.37. The minimum Gasteiger partial charge on any atom is -0.373 e. The van der Waals surface area contributed by atoms with Crippen molar-refractivity contribution in [2.24, 2.45) is 28.2 Å². The zero-order valence-corrected chi connectivity index (χ0v) is 29.6. The summed E-state index contributed by atoms with van der Waals surface area (Å²) in [5.74, 6) is 0.197. The Hall–Kier alpha value is -4.34. The number of aromatic nitrogens is 8. The third-order valence-electron chi connectivity index (χ3n) is 9.99. The zero-order chi connectivity index (χ0) is 35.7. The molecule has 5 aromatic rings. The number of fused-ring (bicyclic) bond motifs is 4. The second-order valence-electron chi connectivity index (χ2n) is 13.2. The van der Waals surface area contributed by atoms with E-state index in [0.717, 1.165) is 38.6 Å². The maximum atomic E-state index is 13.9. The van der Waals surface area contributed by atoms with Crippen LogP contribution in [0.4, 0.5) is 4.39 Å². The molecule has 50 heavy (non-hydrogen) atoms. The normalized spacial score (nSPS) is 19.0. The lowest BCUT2D eigenvalue weighted by molar-refractivity contribution is -0.0293. The van der Waals surface area contributed by atoms with Crippen LogP contribution in [0, 0.1) is 5.82 Å². The Morgan fingerprint density at radius 1 is 0.780 bits per heavy atom. The molecule has 16 heteroatoms. The van der Waals surface area contributed by atoms with Gasteiger partial charge in [-0.15, -0.1) is 11.6 Å². The SMILES string of the molecule is Cn1cnc2c1c(=O)n(CCCCl)c(=O)n2C.Cn1cnc2c1c(=O)n(CCCN1C3CCC1CC(OCc1ccccc1F)C3)c(=O)n2C. The summed E-state index contributed by atoms with van der Waals surface area (Å²) in [5, 5.41) is 0. The molecule has 2 saturated heterocycles. The van der Waals surface area contributed by atoms with Crippen molar-refractivity contribution >= 4 is 33.9 Å². The molecule has 7 rings (SSSR count). The minimum absolute atomic E-state index is 0.139. The molecule has 2 atom stereocenters. The molecule has 14 nitrogen and oxygen atoms in total. The van der Waals surface area contributed by atoms with Gasteiger partial charge in [0.15, 0.2) is 22.3 Å². The number of aryl methyl sites for hydroxylation is 4. The average molecular weight is 712 g/mol. The van der Waals surface area contributed by atoms with Gasteiger partial charge in [-0.05, 0) is 44.6 Å². The van der Waals surface area contributed by atoms with Crippen LogP contribution in [0.2, 0.25) is 0 Å². The van der Waals surface area contributed by atoms with Gasteiger partial charge in [0.1, 0.15) is 5.82 Å². The Morgan fingerprint density at radius 3 is 1.82 bits per heavy atom. The quantitative estimate of drug-likeness (QED) is 0.201. The molecule has 2 aliphatic heterocycles. The molecule has 0 N–H and O–H groups in total. The van der Waals surface area contributed by atoms with Crippen LogP contribution in [0.25, 0.3) is 22.3 Å². The van der Waals surface area contributed by atoms with E-state index in [1.54, 1.807) is 55.8 Å². The van der Waals surface area contributed by atoms with E-state index in [1.165, 1.54) is 30.7 Å². The maximum absolute atomic E-state index is 13.9. The molecule has 0 radical (unpaired) electrons. The number of hydrogen-bond donors (Lipinski definition) is 0. The van der Waals surface area contributed by atoms with E-state index in [4.69, 9.17) is 16.3 Å². The Labute approximate surface area is 291 Å². The van der Waals surface area contributed by atoms with Crippen LogP contribution in [0.1, 0.15) is 44.1 Å². The van der Waals surface area contributed by atoms with Crippen molar-refractivity contribution in [2.75, 3.05) is 12.4 Å². The Morgan fingerprint density at radius 2 is 1.30 bits per heavy atom. The van der Waals surface area contributed by atoms with Crippen molar-refractivity contribution in [3.63, 3.8) is 0 Å². The third kappa shape index (κ3) is 6.73. The molecular weight excluding hydrogens is 669 g/mol. The zero-order valence-electron chi connectivity index (χ0n) is 28.8. The van der Waals surface area contributed by atoms with Gasteiger partial charge < -0.3 is 13.9 Å². The first-order valence-corrected chi connectivity index (χ1v) is 17.4. The molecule has 2 aliphatic rings. The van der Waals surface area contributed by atoms with E-state index < -0.39 is 0 Å². The summed E-state index contributed by atoms with van der Waals surface area (Å²) in [4.78, 5) is 60.4. The second-order valence-corrected chi connectivity index (χ2v) is 13.5. The van der Waals surface area contributed by atoms with E-state index in [0.29, 0.717) is 72.0 Å². The number of halogens is 2. The smallest absolute Gasteiger partial charge is 0.332 e. The van der Waals surface area contributed by atoms with Crippen molar-refractivity contribution in [2.45, 2.75) is 76.4 Å². The molecule has 0 spiro atoms. The number of rotatable bonds is 10. The summed E-state index contributed by atoms with van der Waals surface area (Å²) in [6, 6.07) is 7.64. The van der Waals surface area contributed by atoms with E-state index in [2.05, 4.69) is 14.9 Å². The Balaban J connectivity index is 0.000000214. The van der Waals surface area contributed by atoms with Crippen LogP contribution in [-0.4, -0.2) is 72.9 Å². The van der Waals surface area contributed by atoms with Crippen LogP contribution >= 0.6 is 11.6 Å². The van der Waals surface area contributed by atoms with Gasteiger partial charge in [-0.25, -0.2) is 23.9 Å². The Kier molecular flexibility index (Phi) is 10.6. The fraction of sp³-hybridized carbons (Fsp3) is 0.529. The maximum Gasteiger partial charge on any atom is 0.332 e. The summed E-state index contributed by atoms with van der Waals surface area (Å²) < 4.78 is 28.6. The van der Waals surface area contributed by atoms with E-state index in [1.807, 2.05) is 6.07 Å². The van der Waals surface area contributed by atoms with E-state index in [9.17, 15) is 23.6 Å². The predicted octanol–water partition coefficient (Wildman–Crippen LogP) is 2.24. The van der Waals surface area contributed by atoms with Gasteiger partial charge in [0.2, 0.25) is 0 Å². The van der Waals surface area contributed by atoms with Crippen molar-refractivity contribution in [1.29, 1.82) is 0 Å². The van der Waals surface area contributed by atoms with Gasteiger partial charge in [0, 0.05) is 71.4 Å². The summed E-state index contributed by atoms with van der Waals surface area (Å²) in [6.45, 7) is 1.86. The predicted molar refractivity (Wildman–Crippen MR) is 188 cm³/mol. The fourth-order valence-corrected chi connectivity index (χ4v) is 7.48. The van der Waals surface area contributed by atoms with Gasteiger partial charge >= 0.3 is 11.4 Å². The minimum atomic E-state index is -0.355. The largest absolute Gasteiger partial charge is 0.373 e. The average Bonchev–Trinajstić information content (AvgIpc) is 3.76. The lowest BCUT2D eigenvalue weighted by Gasteiger charge is -2.39. The molecule has 1 aromatic carbocycles. The number of nitrogens with zero attached hydrogens (tertiary/aromatic N) is 9. The van der Waals surface area contributed by atoms with Gasteiger partial charge in [-0.2, -0.15) is 0 Å². The summed E-state index contributed by atoms with van der Waals surface area (Å²) in [7, 11) is 6.75. The molecule has 268 valence electrons. The lowest BCUT2D eigenvalue weighted by atomic mass is 9.99. The van der Waals surface area contributed by atoms with Crippen molar-refractivity contribution in [3.05, 3.63) is 90.0 Å².